The van der Waals surface area contributed by atoms with Gasteiger partial charge >= 0.3 is 18.4 Å². The van der Waals surface area contributed by atoms with Crippen LogP contribution >= 0.6 is 15.9 Å². The molecule has 0 saturated heterocycles. The number of halogens is 7. The monoisotopic (exact) mass is 392 g/mol. The van der Waals surface area contributed by atoms with Crippen LogP contribution in [0.4, 0.5) is 36.8 Å². The highest BCUT2D eigenvalue weighted by Crippen LogP contribution is 2.45. The summed E-state index contributed by atoms with van der Waals surface area (Å²) in [5.74, 6) is 0. The second kappa shape index (κ2) is 6.35. The van der Waals surface area contributed by atoms with Crippen LogP contribution in [0.15, 0.2) is 28.7 Å². The zero-order valence-electron chi connectivity index (χ0n) is 11.1. The van der Waals surface area contributed by atoms with E-state index in [1.807, 2.05) is 5.32 Å². The first-order chi connectivity index (χ1) is 9.93. The van der Waals surface area contributed by atoms with Gasteiger partial charge in [0.05, 0.1) is 0 Å². The molecule has 22 heavy (non-hydrogen) atoms. The molecule has 1 rings (SSSR count). The van der Waals surface area contributed by atoms with Crippen LogP contribution < -0.4 is 10.6 Å². The van der Waals surface area contributed by atoms with E-state index in [1.54, 1.807) is 0 Å². The van der Waals surface area contributed by atoms with Crippen LogP contribution in [0.2, 0.25) is 0 Å². The summed E-state index contributed by atoms with van der Waals surface area (Å²) in [4.78, 5) is 11.5. The van der Waals surface area contributed by atoms with Gasteiger partial charge in [0.2, 0.25) is 5.54 Å². The van der Waals surface area contributed by atoms with Crippen LogP contribution in [0.5, 0.6) is 0 Å². The summed E-state index contributed by atoms with van der Waals surface area (Å²) in [5, 5.41) is 2.94. The van der Waals surface area contributed by atoms with Crippen LogP contribution in [-0.4, -0.2) is 23.9 Å². The van der Waals surface area contributed by atoms with E-state index in [9.17, 15) is 31.1 Å². The van der Waals surface area contributed by atoms with Crippen molar-refractivity contribution in [1.29, 1.82) is 0 Å². The van der Waals surface area contributed by atoms with E-state index in [-0.39, 0.29) is 5.69 Å². The van der Waals surface area contributed by atoms with Gasteiger partial charge in [0.25, 0.3) is 0 Å². The number of benzene rings is 1. The third-order valence-corrected chi connectivity index (χ3v) is 3.46. The first kappa shape index (κ1) is 18.6. The van der Waals surface area contributed by atoms with Gasteiger partial charge in [-0.05, 0) is 30.7 Å². The molecule has 0 bridgehead atoms. The van der Waals surface area contributed by atoms with Gasteiger partial charge in [0.1, 0.15) is 0 Å². The summed E-state index contributed by atoms with van der Waals surface area (Å²) in [6.45, 7) is 0.695. The van der Waals surface area contributed by atoms with Crippen molar-refractivity contribution in [2.45, 2.75) is 31.2 Å². The van der Waals surface area contributed by atoms with E-state index in [2.05, 4.69) is 15.9 Å². The lowest BCUT2D eigenvalue weighted by atomic mass is 9.94. The largest absolute Gasteiger partial charge is 0.420 e. The Hall–Kier alpha value is -1.45. The average Bonchev–Trinajstić information content (AvgIpc) is 2.35. The predicted octanol–water partition coefficient (Wildman–Crippen LogP) is 4.84. The Morgan fingerprint density at radius 3 is 1.86 bits per heavy atom. The highest BCUT2D eigenvalue weighted by Gasteiger charge is 2.70. The summed E-state index contributed by atoms with van der Waals surface area (Å²) >= 11 is 3.10. The van der Waals surface area contributed by atoms with Crippen molar-refractivity contribution in [3.8, 4) is 0 Å². The molecular weight excluding hydrogens is 382 g/mol. The molecule has 0 fully saturated rings. The fourth-order valence-corrected chi connectivity index (χ4v) is 1.95. The van der Waals surface area contributed by atoms with Gasteiger partial charge in [-0.15, -0.1) is 0 Å². The highest BCUT2D eigenvalue weighted by molar-refractivity contribution is 9.10. The zero-order chi connectivity index (χ0) is 17.2. The summed E-state index contributed by atoms with van der Waals surface area (Å²) < 4.78 is 77.8. The number of amides is 2. The van der Waals surface area contributed by atoms with Crippen molar-refractivity contribution in [1.82, 2.24) is 5.32 Å². The molecule has 3 nitrogen and oxygen atoms in total. The molecule has 0 saturated carbocycles. The Morgan fingerprint density at radius 1 is 1.05 bits per heavy atom. The number of anilines is 1. The molecule has 0 aromatic heterocycles. The van der Waals surface area contributed by atoms with Gasteiger partial charge < -0.3 is 10.6 Å². The smallest absolute Gasteiger partial charge is 0.316 e. The molecule has 0 spiro atoms. The second-order valence-corrected chi connectivity index (χ2v) is 5.26. The number of carbonyl (C=O) groups excluding carboxylic acids is 1. The molecule has 0 aliphatic heterocycles. The van der Waals surface area contributed by atoms with Crippen LogP contribution in [0, 0.1) is 0 Å². The zero-order valence-corrected chi connectivity index (χ0v) is 12.7. The Balaban J connectivity index is 3.00. The third kappa shape index (κ3) is 3.84. The molecular formula is C12H11BrF6N2O. The molecule has 0 atom stereocenters. The van der Waals surface area contributed by atoms with Gasteiger partial charge in [-0.25, -0.2) is 4.79 Å². The van der Waals surface area contributed by atoms with E-state index >= 15 is 0 Å². The van der Waals surface area contributed by atoms with E-state index in [0.29, 0.717) is 11.4 Å². The Bertz CT molecular complexity index is 512. The van der Waals surface area contributed by atoms with Crippen molar-refractivity contribution in [3.63, 3.8) is 0 Å². The minimum absolute atomic E-state index is 0.0510. The molecule has 2 amide bonds. The molecule has 0 radical (unpaired) electrons. The molecule has 0 unspecified atom stereocenters. The minimum Gasteiger partial charge on any atom is -0.316 e. The number of alkyl halides is 6. The number of urea groups is 1. The van der Waals surface area contributed by atoms with Gasteiger partial charge in [-0.3, -0.25) is 0 Å². The molecule has 0 aliphatic carbocycles. The van der Waals surface area contributed by atoms with Crippen molar-refractivity contribution in [2.24, 2.45) is 0 Å². The van der Waals surface area contributed by atoms with Crippen molar-refractivity contribution in [2.75, 3.05) is 5.32 Å². The lowest BCUT2D eigenvalue weighted by Gasteiger charge is -2.37. The van der Waals surface area contributed by atoms with Crippen LogP contribution in [0.3, 0.4) is 0 Å². The number of carbonyl (C=O) groups is 1. The first-order valence-electron chi connectivity index (χ1n) is 5.91. The maximum absolute atomic E-state index is 12.9. The van der Waals surface area contributed by atoms with Gasteiger partial charge in [0.15, 0.2) is 0 Å². The molecule has 1 aromatic rings. The van der Waals surface area contributed by atoms with Crippen LogP contribution in [0.1, 0.15) is 13.3 Å². The summed E-state index contributed by atoms with van der Waals surface area (Å²) in [5.41, 5.74) is -4.26. The van der Waals surface area contributed by atoms with Crippen molar-refractivity contribution in [3.05, 3.63) is 28.7 Å². The van der Waals surface area contributed by atoms with Crippen LogP contribution in [-0.2, 0) is 0 Å². The third-order valence-electron chi connectivity index (χ3n) is 2.93. The average molecular weight is 393 g/mol. The first-order valence-corrected chi connectivity index (χ1v) is 6.70. The summed E-state index contributed by atoms with van der Waals surface area (Å²) in [6.07, 6.45) is -12.7. The maximum atomic E-state index is 12.9. The minimum atomic E-state index is -5.68. The van der Waals surface area contributed by atoms with E-state index in [0.717, 1.165) is 5.32 Å². The van der Waals surface area contributed by atoms with E-state index in [1.165, 1.54) is 24.3 Å². The topological polar surface area (TPSA) is 41.1 Å². The quantitative estimate of drug-likeness (QED) is 0.709. The molecule has 10 heteroatoms. The van der Waals surface area contributed by atoms with E-state index < -0.39 is 30.3 Å². The molecule has 2 N–H and O–H groups in total. The summed E-state index contributed by atoms with van der Waals surface area (Å²) in [7, 11) is 0. The molecule has 124 valence electrons. The standard InChI is InChI=1S/C12H11BrF6N2O/c1-2-10(11(14,15)16,12(17,18)19)21-9(22)20-8-5-3-7(13)4-6-8/h3-6H,2H2,1H3,(H2,20,21,22). The fourth-order valence-electron chi connectivity index (χ4n) is 1.68. The van der Waals surface area contributed by atoms with E-state index in [4.69, 9.17) is 0 Å². The van der Waals surface area contributed by atoms with Crippen molar-refractivity contribution >= 4 is 27.6 Å². The molecule has 0 heterocycles. The molecule has 1 aromatic carbocycles. The number of hydrogen-bond acceptors (Lipinski definition) is 1. The lowest BCUT2D eigenvalue weighted by molar-refractivity contribution is -0.304. The Kier molecular flexibility index (Phi) is 5.37. The van der Waals surface area contributed by atoms with Gasteiger partial charge in [-0.2, -0.15) is 26.3 Å². The SMILES string of the molecule is CCC(NC(=O)Nc1ccc(Br)cc1)(C(F)(F)F)C(F)(F)F. The number of hydrogen-bond donors (Lipinski definition) is 2. The van der Waals surface area contributed by atoms with Crippen LogP contribution in [0.25, 0.3) is 0 Å². The number of rotatable bonds is 3. The predicted molar refractivity (Wildman–Crippen MR) is 71.4 cm³/mol. The summed E-state index contributed by atoms with van der Waals surface area (Å²) in [6, 6.07) is 3.97. The maximum Gasteiger partial charge on any atom is 0.420 e. The second-order valence-electron chi connectivity index (χ2n) is 4.34. The Morgan fingerprint density at radius 2 is 1.50 bits per heavy atom. The fraction of sp³-hybridized carbons (Fsp3) is 0.417. The van der Waals surface area contributed by atoms with Gasteiger partial charge in [0, 0.05) is 10.2 Å². The van der Waals surface area contributed by atoms with Gasteiger partial charge in [-0.1, -0.05) is 22.9 Å². The highest BCUT2D eigenvalue weighted by atomic mass is 79.9. The lowest BCUT2D eigenvalue weighted by Crippen LogP contribution is -2.67. The Labute approximate surface area is 130 Å². The molecule has 0 aliphatic rings. The number of nitrogens with one attached hydrogen (secondary N) is 2. The normalized spacial score (nSPS) is 12.9. The van der Waals surface area contributed by atoms with Crippen molar-refractivity contribution < 1.29 is 31.1 Å².